The Morgan fingerprint density at radius 2 is 2.06 bits per heavy atom. The van der Waals surface area contributed by atoms with E-state index in [1.807, 2.05) is 44.2 Å². The van der Waals surface area contributed by atoms with Crippen molar-refractivity contribution in [1.29, 1.82) is 0 Å². The van der Waals surface area contributed by atoms with Crippen molar-refractivity contribution in [3.63, 3.8) is 0 Å². The zero-order chi connectivity index (χ0) is 11.5. The molecule has 0 amide bonds. The molecule has 2 nitrogen and oxygen atoms in total. The van der Waals surface area contributed by atoms with Gasteiger partial charge in [-0.1, -0.05) is 11.6 Å². The first-order chi connectivity index (χ1) is 7.66. The molecular weight excluding hydrogens is 224 g/mol. The number of rotatable bonds is 3. The van der Waals surface area contributed by atoms with Crippen LogP contribution in [-0.4, -0.2) is 6.10 Å². The molecule has 0 aliphatic rings. The van der Waals surface area contributed by atoms with Crippen LogP contribution in [0.5, 0.6) is 5.75 Å². The molecule has 0 radical (unpaired) electrons. The van der Waals surface area contributed by atoms with Gasteiger partial charge in [0.05, 0.1) is 17.4 Å². The highest BCUT2D eigenvalue weighted by Gasteiger charge is 2.07. The second-order valence-corrected chi connectivity index (χ2v) is 4.20. The number of ether oxygens (including phenoxy) is 1. The summed E-state index contributed by atoms with van der Waals surface area (Å²) in [5, 5.41) is 0.600. The molecule has 3 heteroatoms. The Kier molecular flexibility index (Phi) is 3.20. The first-order valence-corrected chi connectivity index (χ1v) is 5.54. The quantitative estimate of drug-likeness (QED) is 0.789. The van der Waals surface area contributed by atoms with Gasteiger partial charge in [0.15, 0.2) is 0 Å². The van der Waals surface area contributed by atoms with Crippen molar-refractivity contribution < 1.29 is 9.15 Å². The fraction of sp³-hybridized carbons (Fsp3) is 0.231. The summed E-state index contributed by atoms with van der Waals surface area (Å²) in [7, 11) is 0. The van der Waals surface area contributed by atoms with E-state index in [0.29, 0.717) is 10.8 Å². The lowest BCUT2D eigenvalue weighted by atomic mass is 10.1. The number of hydrogen-bond donors (Lipinski definition) is 0. The molecule has 1 aromatic heterocycles. The molecule has 0 bridgehead atoms. The van der Waals surface area contributed by atoms with Crippen molar-refractivity contribution in [1.82, 2.24) is 0 Å². The Morgan fingerprint density at radius 1 is 1.25 bits per heavy atom. The molecule has 84 valence electrons. The van der Waals surface area contributed by atoms with E-state index in [1.54, 1.807) is 6.26 Å². The molecule has 0 unspecified atom stereocenters. The maximum absolute atomic E-state index is 6.12. The molecule has 1 aromatic carbocycles. The van der Waals surface area contributed by atoms with Crippen LogP contribution in [-0.2, 0) is 0 Å². The van der Waals surface area contributed by atoms with E-state index in [9.17, 15) is 0 Å². The highest BCUT2D eigenvalue weighted by molar-refractivity contribution is 6.32. The minimum Gasteiger partial charge on any atom is -0.489 e. The lowest BCUT2D eigenvalue weighted by Crippen LogP contribution is -2.05. The van der Waals surface area contributed by atoms with Gasteiger partial charge in [-0.2, -0.15) is 0 Å². The summed E-state index contributed by atoms with van der Waals surface area (Å²) in [6, 6.07) is 9.39. The Labute approximate surface area is 99.8 Å². The van der Waals surface area contributed by atoms with Gasteiger partial charge < -0.3 is 9.15 Å². The smallest absolute Gasteiger partial charge is 0.138 e. The monoisotopic (exact) mass is 236 g/mol. The Morgan fingerprint density at radius 3 is 2.62 bits per heavy atom. The molecular formula is C13H13ClO2. The van der Waals surface area contributed by atoms with Crippen LogP contribution in [0.25, 0.3) is 11.3 Å². The van der Waals surface area contributed by atoms with E-state index in [4.69, 9.17) is 20.8 Å². The summed E-state index contributed by atoms with van der Waals surface area (Å²) in [5.74, 6) is 1.50. The Bertz CT molecular complexity index is 461. The van der Waals surface area contributed by atoms with Crippen LogP contribution < -0.4 is 4.74 Å². The highest BCUT2D eigenvalue weighted by Crippen LogP contribution is 2.31. The number of furan rings is 1. The van der Waals surface area contributed by atoms with E-state index in [-0.39, 0.29) is 6.10 Å². The lowest BCUT2D eigenvalue weighted by Gasteiger charge is -2.11. The van der Waals surface area contributed by atoms with Crippen molar-refractivity contribution in [2.24, 2.45) is 0 Å². The zero-order valence-corrected chi connectivity index (χ0v) is 9.99. The van der Waals surface area contributed by atoms with E-state index >= 15 is 0 Å². The molecule has 0 spiro atoms. The summed E-state index contributed by atoms with van der Waals surface area (Å²) in [4.78, 5) is 0. The van der Waals surface area contributed by atoms with Crippen molar-refractivity contribution in [3.05, 3.63) is 41.6 Å². The van der Waals surface area contributed by atoms with E-state index in [0.717, 1.165) is 11.3 Å². The van der Waals surface area contributed by atoms with E-state index < -0.39 is 0 Å². The van der Waals surface area contributed by atoms with Crippen LogP contribution in [0, 0.1) is 0 Å². The Hall–Kier alpha value is -1.41. The SMILES string of the molecule is CC(C)Oc1ccc(-c2ccco2)cc1Cl. The standard InChI is InChI=1S/C13H13ClO2/c1-9(2)16-13-6-5-10(8-11(13)14)12-4-3-7-15-12/h3-9H,1-2H3. The third kappa shape index (κ3) is 2.39. The highest BCUT2D eigenvalue weighted by atomic mass is 35.5. The largest absolute Gasteiger partial charge is 0.489 e. The predicted octanol–water partition coefficient (Wildman–Crippen LogP) is 4.39. The predicted molar refractivity (Wildman–Crippen MR) is 64.9 cm³/mol. The van der Waals surface area contributed by atoms with Gasteiger partial charge in [0, 0.05) is 5.56 Å². The average Bonchev–Trinajstić information content (AvgIpc) is 2.73. The van der Waals surface area contributed by atoms with Gasteiger partial charge in [-0.25, -0.2) is 0 Å². The van der Waals surface area contributed by atoms with Crippen molar-refractivity contribution in [3.8, 4) is 17.1 Å². The van der Waals surface area contributed by atoms with Gasteiger partial charge in [0.1, 0.15) is 11.5 Å². The van der Waals surface area contributed by atoms with Crippen molar-refractivity contribution in [2.75, 3.05) is 0 Å². The minimum absolute atomic E-state index is 0.118. The summed E-state index contributed by atoms with van der Waals surface area (Å²) in [5.41, 5.74) is 0.950. The van der Waals surface area contributed by atoms with E-state index in [1.165, 1.54) is 0 Å². The van der Waals surface area contributed by atoms with Crippen LogP contribution >= 0.6 is 11.6 Å². The van der Waals surface area contributed by atoms with Crippen molar-refractivity contribution in [2.45, 2.75) is 20.0 Å². The number of hydrogen-bond acceptors (Lipinski definition) is 2. The molecule has 0 aliphatic carbocycles. The van der Waals surface area contributed by atoms with Gasteiger partial charge in [-0.3, -0.25) is 0 Å². The summed E-state index contributed by atoms with van der Waals surface area (Å²) in [6.45, 7) is 3.94. The van der Waals surface area contributed by atoms with Gasteiger partial charge in [-0.05, 0) is 44.2 Å². The summed E-state index contributed by atoms with van der Waals surface area (Å²) in [6.07, 6.45) is 1.76. The molecule has 2 aromatic rings. The Balaban J connectivity index is 2.29. The number of benzene rings is 1. The number of halogens is 1. The molecule has 16 heavy (non-hydrogen) atoms. The summed E-state index contributed by atoms with van der Waals surface area (Å²) >= 11 is 6.12. The fourth-order valence-corrected chi connectivity index (χ4v) is 1.67. The van der Waals surface area contributed by atoms with Crippen LogP contribution in [0.15, 0.2) is 41.0 Å². The minimum atomic E-state index is 0.118. The molecule has 0 N–H and O–H groups in total. The third-order valence-electron chi connectivity index (χ3n) is 2.10. The fourth-order valence-electron chi connectivity index (χ4n) is 1.45. The van der Waals surface area contributed by atoms with Crippen LogP contribution in [0.4, 0.5) is 0 Å². The summed E-state index contributed by atoms with van der Waals surface area (Å²) < 4.78 is 10.9. The topological polar surface area (TPSA) is 22.4 Å². The molecule has 0 saturated carbocycles. The van der Waals surface area contributed by atoms with Gasteiger partial charge in [0.25, 0.3) is 0 Å². The zero-order valence-electron chi connectivity index (χ0n) is 9.24. The first-order valence-electron chi connectivity index (χ1n) is 5.17. The molecule has 0 aliphatic heterocycles. The maximum Gasteiger partial charge on any atom is 0.138 e. The lowest BCUT2D eigenvalue weighted by molar-refractivity contribution is 0.242. The molecule has 1 heterocycles. The van der Waals surface area contributed by atoms with Gasteiger partial charge in [0.2, 0.25) is 0 Å². The second kappa shape index (κ2) is 4.62. The van der Waals surface area contributed by atoms with Crippen LogP contribution in [0.3, 0.4) is 0 Å². The first kappa shape index (κ1) is 11.1. The van der Waals surface area contributed by atoms with Gasteiger partial charge >= 0.3 is 0 Å². The average molecular weight is 237 g/mol. The normalized spacial score (nSPS) is 10.8. The second-order valence-electron chi connectivity index (χ2n) is 3.79. The molecule has 0 fully saturated rings. The van der Waals surface area contributed by atoms with Crippen LogP contribution in [0.1, 0.15) is 13.8 Å². The molecule has 2 rings (SSSR count). The molecule has 0 saturated heterocycles. The van der Waals surface area contributed by atoms with E-state index in [2.05, 4.69) is 0 Å². The third-order valence-corrected chi connectivity index (χ3v) is 2.40. The van der Waals surface area contributed by atoms with Gasteiger partial charge in [-0.15, -0.1) is 0 Å². The van der Waals surface area contributed by atoms with Crippen LogP contribution in [0.2, 0.25) is 5.02 Å². The molecule has 0 atom stereocenters. The van der Waals surface area contributed by atoms with Crippen molar-refractivity contribution >= 4 is 11.6 Å². The maximum atomic E-state index is 6.12.